The van der Waals surface area contributed by atoms with Crippen LogP contribution in [0.25, 0.3) is 0 Å². The largest absolute Gasteiger partial charge is 0.481 e. The van der Waals surface area contributed by atoms with Crippen LogP contribution in [0.5, 0.6) is 0 Å². The summed E-state index contributed by atoms with van der Waals surface area (Å²) in [5.41, 5.74) is 3.04. The van der Waals surface area contributed by atoms with Crippen LogP contribution in [-0.2, 0) is 19.1 Å². The lowest BCUT2D eigenvalue weighted by Crippen LogP contribution is -2.44. The van der Waals surface area contributed by atoms with Gasteiger partial charge in [0.05, 0.1) is 12.8 Å². The second-order valence-corrected chi connectivity index (χ2v) is 8.85. The Labute approximate surface area is 192 Å². The topological polar surface area (TPSA) is 147 Å². The first-order chi connectivity index (χ1) is 15.2. The van der Waals surface area contributed by atoms with E-state index < -0.39 is 42.6 Å². The molecule has 32 heavy (non-hydrogen) atoms. The summed E-state index contributed by atoms with van der Waals surface area (Å²) in [6.45, 7) is 2.24. The van der Waals surface area contributed by atoms with E-state index in [-0.39, 0.29) is 0 Å². The summed E-state index contributed by atoms with van der Waals surface area (Å²) >= 11 is 0. The number of carbonyl (C=O) groups excluding carboxylic acids is 1. The van der Waals surface area contributed by atoms with Crippen molar-refractivity contribution in [1.29, 1.82) is 0 Å². The molecule has 0 aliphatic heterocycles. The van der Waals surface area contributed by atoms with Crippen LogP contribution in [0.1, 0.15) is 122 Å². The summed E-state index contributed by atoms with van der Waals surface area (Å²) in [4.78, 5) is 33.5. The van der Waals surface area contributed by atoms with Crippen molar-refractivity contribution < 1.29 is 34.4 Å². The monoisotopic (exact) mass is 459 g/mol. The summed E-state index contributed by atoms with van der Waals surface area (Å²) in [6.07, 6.45) is 16.2. The van der Waals surface area contributed by atoms with Gasteiger partial charge in [-0.2, -0.15) is 0 Å². The first kappa shape index (κ1) is 30.3. The highest BCUT2D eigenvalue weighted by Gasteiger charge is 2.41. The van der Waals surface area contributed by atoms with Gasteiger partial charge in [-0.3, -0.25) is 15.3 Å². The Morgan fingerprint density at radius 2 is 1.16 bits per heavy atom. The highest BCUT2D eigenvalue weighted by atomic mass is 16.6. The number of nitrogens with two attached hydrogens (primary N) is 1. The molecule has 0 aromatic carbocycles. The molecule has 0 rings (SSSR count). The van der Waals surface area contributed by atoms with Crippen molar-refractivity contribution >= 4 is 17.9 Å². The van der Waals surface area contributed by atoms with Crippen molar-refractivity contribution in [1.82, 2.24) is 0 Å². The van der Waals surface area contributed by atoms with Crippen LogP contribution in [0.4, 0.5) is 0 Å². The van der Waals surface area contributed by atoms with E-state index >= 15 is 0 Å². The van der Waals surface area contributed by atoms with Gasteiger partial charge in [0.15, 0.2) is 11.8 Å². The fourth-order valence-electron chi connectivity index (χ4n) is 3.69. The van der Waals surface area contributed by atoms with Gasteiger partial charge in [-0.1, -0.05) is 96.8 Å². The molecule has 0 aromatic heterocycles. The molecule has 8 heteroatoms. The number of hydrogen-bond acceptors (Lipinski definition) is 6. The number of aliphatic carboxylic acids is 2. The third-order valence-corrected chi connectivity index (χ3v) is 5.65. The minimum atomic E-state index is -2.70. The highest BCUT2D eigenvalue weighted by Crippen LogP contribution is 2.18. The molecule has 0 saturated heterocycles. The predicted molar refractivity (Wildman–Crippen MR) is 123 cm³/mol. The fraction of sp³-hybridized carbons (Fsp3) is 0.875. The van der Waals surface area contributed by atoms with Crippen LogP contribution < -0.4 is 5.73 Å². The van der Waals surface area contributed by atoms with Crippen LogP contribution in [0.3, 0.4) is 0 Å². The normalized spacial score (nSPS) is 14.0. The van der Waals surface area contributed by atoms with E-state index in [1.807, 2.05) is 0 Å². The summed E-state index contributed by atoms with van der Waals surface area (Å²) < 4.78 is 4.92. The van der Waals surface area contributed by atoms with Crippen LogP contribution in [0, 0.1) is 0 Å². The molecule has 0 aliphatic rings. The standard InChI is InChI=1S/C24H45NO7/c1-2-3-4-5-6-7-8-9-10-11-12-13-14-15-16-17-20(25)32-22(28)19-24(31,23(29)30)18-21(26)27/h20,31H,2-19,25H2,1H3,(H,26,27)(H,29,30). The minimum Gasteiger partial charge on any atom is -0.481 e. The zero-order chi connectivity index (χ0) is 24.2. The second-order valence-electron chi connectivity index (χ2n) is 8.85. The molecule has 0 heterocycles. The van der Waals surface area contributed by atoms with Crippen LogP contribution in [-0.4, -0.2) is 45.1 Å². The molecule has 8 nitrogen and oxygen atoms in total. The number of unbranched alkanes of at least 4 members (excludes halogenated alkanes) is 14. The molecule has 0 saturated carbocycles. The molecule has 0 bridgehead atoms. The van der Waals surface area contributed by atoms with E-state index in [0.29, 0.717) is 6.42 Å². The lowest BCUT2D eigenvalue weighted by atomic mass is 9.96. The van der Waals surface area contributed by atoms with Gasteiger partial charge in [0.2, 0.25) is 0 Å². The van der Waals surface area contributed by atoms with Gasteiger partial charge in [-0.15, -0.1) is 0 Å². The van der Waals surface area contributed by atoms with Crippen molar-refractivity contribution in [2.24, 2.45) is 5.73 Å². The molecule has 0 aromatic rings. The van der Waals surface area contributed by atoms with Crippen molar-refractivity contribution in [2.45, 2.75) is 134 Å². The average molecular weight is 460 g/mol. The number of carbonyl (C=O) groups is 3. The van der Waals surface area contributed by atoms with Crippen molar-refractivity contribution in [3.05, 3.63) is 0 Å². The van der Waals surface area contributed by atoms with Crippen LogP contribution in [0.15, 0.2) is 0 Å². The van der Waals surface area contributed by atoms with Crippen molar-refractivity contribution in [3.63, 3.8) is 0 Å². The molecular weight excluding hydrogens is 414 g/mol. The third-order valence-electron chi connectivity index (χ3n) is 5.65. The van der Waals surface area contributed by atoms with E-state index in [1.165, 1.54) is 77.0 Å². The van der Waals surface area contributed by atoms with Crippen molar-refractivity contribution in [3.8, 4) is 0 Å². The second kappa shape index (κ2) is 18.9. The Morgan fingerprint density at radius 1 is 0.750 bits per heavy atom. The predicted octanol–water partition coefficient (Wildman–Crippen LogP) is 4.76. The van der Waals surface area contributed by atoms with Gasteiger partial charge >= 0.3 is 17.9 Å². The molecule has 5 N–H and O–H groups in total. The van der Waals surface area contributed by atoms with Crippen LogP contribution in [0.2, 0.25) is 0 Å². The number of esters is 1. The van der Waals surface area contributed by atoms with E-state index in [9.17, 15) is 19.5 Å². The van der Waals surface area contributed by atoms with Gasteiger partial charge in [0, 0.05) is 0 Å². The SMILES string of the molecule is CCCCCCCCCCCCCCCCCC(N)OC(=O)CC(O)(CC(=O)O)C(=O)O. The van der Waals surface area contributed by atoms with E-state index in [1.54, 1.807) is 0 Å². The van der Waals surface area contributed by atoms with E-state index in [2.05, 4.69) is 6.92 Å². The third kappa shape index (κ3) is 17.0. The Bertz CT molecular complexity index is 526. The molecule has 2 unspecified atom stereocenters. The number of carboxylic acid groups (broad SMARTS) is 2. The fourth-order valence-corrected chi connectivity index (χ4v) is 3.69. The number of carboxylic acids is 2. The molecule has 0 aliphatic carbocycles. The molecule has 0 spiro atoms. The molecule has 0 amide bonds. The molecule has 0 radical (unpaired) electrons. The first-order valence-corrected chi connectivity index (χ1v) is 12.3. The number of ether oxygens (including phenoxy) is 1. The average Bonchev–Trinajstić information content (AvgIpc) is 2.69. The van der Waals surface area contributed by atoms with Gasteiger partial charge in [-0.05, 0) is 12.8 Å². The molecule has 0 fully saturated rings. The molecule has 2 atom stereocenters. The lowest BCUT2D eigenvalue weighted by molar-refractivity contribution is -0.173. The smallest absolute Gasteiger partial charge is 0.336 e. The Kier molecular flexibility index (Phi) is 17.9. The maximum atomic E-state index is 11.8. The van der Waals surface area contributed by atoms with Gasteiger partial charge in [-0.25, -0.2) is 4.79 Å². The Balaban J connectivity index is 3.65. The van der Waals surface area contributed by atoms with Gasteiger partial charge in [0.1, 0.15) is 0 Å². The number of aliphatic hydroxyl groups is 1. The summed E-state index contributed by atoms with van der Waals surface area (Å²) in [6, 6.07) is 0. The zero-order valence-corrected chi connectivity index (χ0v) is 19.9. The zero-order valence-electron chi connectivity index (χ0n) is 19.9. The highest BCUT2D eigenvalue weighted by molar-refractivity contribution is 5.88. The minimum absolute atomic E-state index is 0.439. The van der Waals surface area contributed by atoms with Crippen molar-refractivity contribution in [2.75, 3.05) is 0 Å². The van der Waals surface area contributed by atoms with E-state index in [4.69, 9.17) is 20.7 Å². The maximum Gasteiger partial charge on any atom is 0.336 e. The van der Waals surface area contributed by atoms with E-state index in [0.717, 1.165) is 19.3 Å². The summed E-state index contributed by atoms with van der Waals surface area (Å²) in [5, 5.41) is 27.5. The van der Waals surface area contributed by atoms with Gasteiger partial charge in [0.25, 0.3) is 0 Å². The van der Waals surface area contributed by atoms with Gasteiger partial charge < -0.3 is 20.1 Å². The summed E-state index contributed by atoms with van der Waals surface area (Å²) in [7, 11) is 0. The first-order valence-electron chi connectivity index (χ1n) is 12.3. The number of rotatable bonds is 22. The molecule has 188 valence electrons. The Morgan fingerprint density at radius 3 is 1.53 bits per heavy atom. The summed E-state index contributed by atoms with van der Waals surface area (Å²) in [5.74, 6) is -4.33. The molecular formula is C24H45NO7. The van der Waals surface area contributed by atoms with Crippen LogP contribution >= 0.6 is 0 Å². The maximum absolute atomic E-state index is 11.8. The number of hydrogen-bond donors (Lipinski definition) is 4. The Hall–Kier alpha value is -1.67. The quantitative estimate of drug-likeness (QED) is 0.103. The lowest BCUT2D eigenvalue weighted by Gasteiger charge is -2.21.